The summed E-state index contributed by atoms with van der Waals surface area (Å²) in [6.45, 7) is 5.85. The van der Waals surface area contributed by atoms with Gasteiger partial charge in [-0.3, -0.25) is 28.8 Å². The predicted octanol–water partition coefficient (Wildman–Crippen LogP) is 6.23. The molecule has 0 bridgehead atoms. The number of thiophene rings is 1. The van der Waals surface area contributed by atoms with E-state index in [9.17, 15) is 24.3 Å². The van der Waals surface area contributed by atoms with Gasteiger partial charge in [0.25, 0.3) is 0 Å². The highest BCUT2D eigenvalue weighted by Crippen LogP contribution is 2.65. The van der Waals surface area contributed by atoms with Crippen molar-refractivity contribution in [3.63, 3.8) is 0 Å². The molecule has 1 saturated carbocycles. The van der Waals surface area contributed by atoms with Crippen molar-refractivity contribution in [2.75, 3.05) is 18.6 Å². The number of rotatable bonds is 5. The molecule has 4 heterocycles. The third kappa shape index (κ3) is 4.21. The van der Waals surface area contributed by atoms with Crippen molar-refractivity contribution in [1.29, 1.82) is 0 Å². The predicted molar refractivity (Wildman–Crippen MR) is 185 cm³/mol. The van der Waals surface area contributed by atoms with Gasteiger partial charge in [-0.15, -0.1) is 11.3 Å². The van der Waals surface area contributed by atoms with Crippen LogP contribution < -0.4 is 9.64 Å². The van der Waals surface area contributed by atoms with Crippen LogP contribution in [0.4, 0.5) is 5.82 Å². The van der Waals surface area contributed by atoms with Crippen LogP contribution in [-0.2, 0) is 26.2 Å². The number of hydrogen-bond acceptors (Lipinski definition) is 8. The highest BCUT2D eigenvalue weighted by molar-refractivity contribution is 7.22. The molecule has 6 atom stereocenters. The number of imide groups is 2. The smallest absolute Gasteiger partial charge is 0.242 e. The van der Waals surface area contributed by atoms with Crippen molar-refractivity contribution in [3.8, 4) is 22.1 Å². The number of amides is 4. The Morgan fingerprint density at radius 3 is 2.59 bits per heavy atom. The summed E-state index contributed by atoms with van der Waals surface area (Å²) in [5.74, 6) is -3.99. The third-order valence-electron chi connectivity index (χ3n) is 11.5. The lowest BCUT2D eigenvalue weighted by Crippen LogP contribution is -2.49. The molecule has 1 N–H and O–H groups in total. The summed E-state index contributed by atoms with van der Waals surface area (Å²) in [5, 5.41) is 17.9. The second kappa shape index (κ2) is 11.0. The zero-order valence-electron chi connectivity index (χ0n) is 27.7. The molecular weight excluding hydrogens is 664 g/mol. The molecule has 4 aromatic rings. The van der Waals surface area contributed by atoms with Crippen molar-refractivity contribution >= 4 is 62.5 Å². The largest absolute Gasteiger partial charge is 0.504 e. The number of aryl methyl sites for hydroxylation is 2. The summed E-state index contributed by atoms with van der Waals surface area (Å²) < 4.78 is 8.07. The lowest BCUT2D eigenvalue weighted by molar-refractivity contribution is -0.140. The Labute approximate surface area is 291 Å². The first-order valence-electron chi connectivity index (χ1n) is 16.4. The lowest BCUT2D eigenvalue weighted by atomic mass is 9.51. The fourth-order valence-corrected chi connectivity index (χ4v) is 10.4. The number of aromatic nitrogens is 2. The highest BCUT2D eigenvalue weighted by Gasteiger charge is 2.68. The summed E-state index contributed by atoms with van der Waals surface area (Å²) in [4.78, 5) is 60.2. The number of likely N-dealkylation sites (tertiary alicyclic amines) is 1. The minimum Gasteiger partial charge on any atom is -0.504 e. The Balaban J connectivity index is 1.27. The number of carbonyl (C=O) groups excluding carboxylic acids is 4. The number of benzene rings is 2. The maximum atomic E-state index is 15.0. The molecular formula is C37H35ClN4O6S. The molecule has 2 aliphatic heterocycles. The molecule has 2 aliphatic carbocycles. The van der Waals surface area contributed by atoms with E-state index in [1.165, 1.54) is 16.9 Å². The van der Waals surface area contributed by atoms with Gasteiger partial charge in [-0.2, -0.15) is 5.10 Å². The van der Waals surface area contributed by atoms with Gasteiger partial charge in [0.2, 0.25) is 23.6 Å². The van der Waals surface area contributed by atoms with Crippen molar-refractivity contribution in [2.45, 2.75) is 39.5 Å². The van der Waals surface area contributed by atoms with Crippen LogP contribution in [0.1, 0.15) is 43.7 Å². The first-order chi connectivity index (χ1) is 23.4. The summed E-state index contributed by atoms with van der Waals surface area (Å²) in [6, 6.07) is 12.6. The third-order valence-corrected chi connectivity index (χ3v) is 13.0. The van der Waals surface area contributed by atoms with E-state index < -0.39 is 40.9 Å². The molecule has 4 aliphatic rings. The van der Waals surface area contributed by atoms with Gasteiger partial charge in [-0.25, -0.2) is 4.90 Å². The maximum Gasteiger partial charge on any atom is 0.242 e. The normalized spacial score (nSPS) is 27.9. The average Bonchev–Trinajstić information content (AvgIpc) is 3.75. The number of methoxy groups -OCH3 is 1. The summed E-state index contributed by atoms with van der Waals surface area (Å²) >= 11 is 7.86. The Bertz CT molecular complexity index is 2170. The maximum absolute atomic E-state index is 15.0. The zero-order valence-corrected chi connectivity index (χ0v) is 29.3. The van der Waals surface area contributed by atoms with E-state index in [0.29, 0.717) is 28.5 Å². The Kier molecular flexibility index (Phi) is 7.14. The van der Waals surface area contributed by atoms with Gasteiger partial charge < -0.3 is 9.84 Å². The monoisotopic (exact) mass is 698 g/mol. The first kappa shape index (κ1) is 31.8. The lowest BCUT2D eigenvalue weighted by Gasteiger charge is -2.49. The SMILES string of the molecule is CCN1C(=O)C2CC=C3C(CC4C(=O)N(c5cc(-c6sc7ccc(Cl)cc7c6C)nn5C)C(=O)C4(C)C3c3cccc(OC)c3O)C2C1=O. The van der Waals surface area contributed by atoms with Gasteiger partial charge in [-0.1, -0.05) is 35.4 Å². The molecule has 8 rings (SSSR count). The van der Waals surface area contributed by atoms with Crippen molar-refractivity contribution < 1.29 is 29.0 Å². The number of hydrogen-bond donors (Lipinski definition) is 1. The molecule has 252 valence electrons. The van der Waals surface area contributed by atoms with E-state index in [2.05, 4.69) is 0 Å². The fraction of sp³-hybridized carbons (Fsp3) is 0.378. The second-order valence-corrected chi connectivity index (χ2v) is 15.2. The molecule has 12 heteroatoms. The number of fused-ring (bicyclic) bond motifs is 5. The second-order valence-electron chi connectivity index (χ2n) is 13.7. The van der Waals surface area contributed by atoms with E-state index in [1.807, 2.05) is 31.2 Å². The van der Waals surface area contributed by atoms with E-state index in [0.717, 1.165) is 26.1 Å². The minimum absolute atomic E-state index is 0.121. The van der Waals surface area contributed by atoms with Crippen LogP contribution >= 0.6 is 22.9 Å². The molecule has 2 saturated heterocycles. The molecule has 2 aromatic heterocycles. The highest BCUT2D eigenvalue weighted by atomic mass is 35.5. The number of para-hydroxylation sites is 1. The Morgan fingerprint density at radius 1 is 1.08 bits per heavy atom. The summed E-state index contributed by atoms with van der Waals surface area (Å²) in [6.07, 6.45) is 2.54. The molecule has 49 heavy (non-hydrogen) atoms. The van der Waals surface area contributed by atoms with E-state index >= 15 is 0 Å². The number of nitrogens with zero attached hydrogens (tertiary/aromatic N) is 4. The number of carbonyl (C=O) groups is 4. The molecule has 4 amide bonds. The van der Waals surface area contributed by atoms with Crippen LogP contribution in [0.15, 0.2) is 54.1 Å². The molecule has 0 radical (unpaired) electrons. The Morgan fingerprint density at radius 2 is 1.86 bits per heavy atom. The van der Waals surface area contributed by atoms with Crippen molar-refractivity contribution in [1.82, 2.24) is 14.7 Å². The first-order valence-corrected chi connectivity index (χ1v) is 17.6. The van der Waals surface area contributed by atoms with Gasteiger partial charge in [0.15, 0.2) is 11.5 Å². The summed E-state index contributed by atoms with van der Waals surface area (Å²) in [7, 11) is 3.17. The van der Waals surface area contributed by atoms with Crippen LogP contribution in [0.25, 0.3) is 20.7 Å². The molecule has 6 unspecified atom stereocenters. The molecule has 3 fully saturated rings. The number of aromatic hydroxyl groups is 1. The number of halogens is 1. The minimum atomic E-state index is -1.32. The van der Waals surface area contributed by atoms with Gasteiger partial charge in [0.1, 0.15) is 11.5 Å². The number of anilines is 1. The van der Waals surface area contributed by atoms with Crippen LogP contribution in [0.3, 0.4) is 0 Å². The van der Waals surface area contributed by atoms with Crippen LogP contribution in [0.5, 0.6) is 11.5 Å². The van der Waals surface area contributed by atoms with Crippen molar-refractivity contribution in [3.05, 3.63) is 70.3 Å². The molecule has 2 aromatic carbocycles. The fourth-order valence-electron chi connectivity index (χ4n) is 9.11. The average molecular weight is 699 g/mol. The van der Waals surface area contributed by atoms with Crippen LogP contribution in [-0.4, -0.2) is 57.1 Å². The van der Waals surface area contributed by atoms with E-state index in [-0.39, 0.29) is 42.2 Å². The van der Waals surface area contributed by atoms with Gasteiger partial charge in [0.05, 0.1) is 35.2 Å². The topological polar surface area (TPSA) is 122 Å². The molecule has 10 nitrogen and oxygen atoms in total. The van der Waals surface area contributed by atoms with Crippen molar-refractivity contribution in [2.24, 2.45) is 36.1 Å². The van der Waals surface area contributed by atoms with E-state index in [4.69, 9.17) is 21.4 Å². The Hall–Kier alpha value is -4.48. The number of ether oxygens (including phenoxy) is 1. The zero-order chi connectivity index (χ0) is 34.7. The van der Waals surface area contributed by atoms with E-state index in [1.54, 1.807) is 61.2 Å². The number of phenolic OH excluding ortho intramolecular Hbond substituents is 1. The van der Waals surface area contributed by atoms with Crippen LogP contribution in [0.2, 0.25) is 5.02 Å². The standard InChI is InChI=1S/C37H35ClN4O6S/c1-6-41-33(44)20-12-11-19-23(29(20)35(41)46)15-24-34(45)42(36(47)37(24,3)30(19)21-8-7-9-26(48-5)31(21)43)28-16-25(39-40(28)4)32-17(2)22-14-18(38)10-13-27(22)49-32/h7-11,13-14,16,20,23-24,29-30,43H,6,12,15H2,1-5H3. The van der Waals surface area contributed by atoms with Gasteiger partial charge in [0, 0.05) is 40.9 Å². The molecule has 0 spiro atoms. The number of phenols is 1. The summed E-state index contributed by atoms with van der Waals surface area (Å²) in [5.41, 5.74) is 1.56. The quantitative estimate of drug-likeness (QED) is 0.194. The van der Waals surface area contributed by atoms with Crippen LogP contribution in [0, 0.1) is 36.0 Å². The number of allylic oxidation sites excluding steroid dienone is 2. The van der Waals surface area contributed by atoms with Gasteiger partial charge >= 0.3 is 0 Å². The van der Waals surface area contributed by atoms with Gasteiger partial charge in [-0.05, 0) is 74.7 Å².